The van der Waals surface area contributed by atoms with Crippen molar-refractivity contribution in [1.29, 1.82) is 0 Å². The van der Waals surface area contributed by atoms with Crippen molar-refractivity contribution >= 4 is 12.0 Å². The van der Waals surface area contributed by atoms with E-state index in [2.05, 4.69) is 29.6 Å². The van der Waals surface area contributed by atoms with Gasteiger partial charge in [-0.25, -0.2) is 0 Å². The maximum absolute atomic E-state index is 11.7. The van der Waals surface area contributed by atoms with E-state index < -0.39 is 0 Å². The third-order valence-corrected chi connectivity index (χ3v) is 3.18. The zero-order valence-electron chi connectivity index (χ0n) is 10.1. The van der Waals surface area contributed by atoms with Gasteiger partial charge in [0.25, 0.3) is 0 Å². The number of benzene rings is 1. The van der Waals surface area contributed by atoms with Gasteiger partial charge in [-0.3, -0.25) is 4.79 Å². The first-order chi connectivity index (χ1) is 8.36. The second kappa shape index (κ2) is 6.24. The summed E-state index contributed by atoms with van der Waals surface area (Å²) >= 11 is 0. The fraction of sp³-hybridized carbons (Fsp3) is 0.400. The number of hydrogen-bond donors (Lipinski definition) is 1. The van der Waals surface area contributed by atoms with Crippen molar-refractivity contribution in [2.75, 3.05) is 6.54 Å². The molecular weight excluding hydrogens is 210 g/mol. The Balaban J connectivity index is 1.88. The lowest BCUT2D eigenvalue weighted by molar-refractivity contribution is -0.124. The molecule has 17 heavy (non-hydrogen) atoms. The van der Waals surface area contributed by atoms with Crippen LogP contribution in [0.3, 0.4) is 0 Å². The van der Waals surface area contributed by atoms with Crippen LogP contribution in [0.5, 0.6) is 0 Å². The maximum atomic E-state index is 11.7. The molecule has 0 spiro atoms. The van der Waals surface area contributed by atoms with Crippen LogP contribution >= 0.6 is 0 Å². The van der Waals surface area contributed by atoms with E-state index in [4.69, 9.17) is 0 Å². The number of nitrogens with one attached hydrogen (secondary N) is 1. The van der Waals surface area contributed by atoms with E-state index in [0.29, 0.717) is 0 Å². The lowest BCUT2D eigenvalue weighted by atomic mass is 9.98. The Hall–Kier alpha value is -1.57. The van der Waals surface area contributed by atoms with Crippen molar-refractivity contribution in [3.63, 3.8) is 0 Å². The predicted molar refractivity (Wildman–Crippen MR) is 70.4 cm³/mol. The van der Waals surface area contributed by atoms with E-state index in [-0.39, 0.29) is 11.8 Å². The predicted octanol–water partition coefficient (Wildman–Crippen LogP) is 3.01. The van der Waals surface area contributed by atoms with Crippen LogP contribution in [0.4, 0.5) is 0 Å². The number of amides is 1. The molecule has 1 heterocycles. The van der Waals surface area contributed by atoms with Crippen LogP contribution < -0.4 is 5.32 Å². The Labute approximate surface area is 103 Å². The summed E-state index contributed by atoms with van der Waals surface area (Å²) in [5.41, 5.74) is 1.20. The molecule has 1 aromatic rings. The third-order valence-electron chi connectivity index (χ3n) is 3.18. The summed E-state index contributed by atoms with van der Waals surface area (Å²) in [6.07, 6.45) is 8.35. The molecule has 0 radical (unpaired) electrons. The van der Waals surface area contributed by atoms with Crippen LogP contribution in [0.2, 0.25) is 0 Å². The van der Waals surface area contributed by atoms with Gasteiger partial charge in [0.2, 0.25) is 5.91 Å². The molecule has 2 rings (SSSR count). The van der Waals surface area contributed by atoms with Gasteiger partial charge in [0.1, 0.15) is 0 Å². The van der Waals surface area contributed by atoms with Crippen LogP contribution in [0, 0.1) is 5.92 Å². The van der Waals surface area contributed by atoms with Gasteiger partial charge in [-0.2, -0.15) is 0 Å². The zero-order chi connectivity index (χ0) is 11.9. The van der Waals surface area contributed by atoms with Gasteiger partial charge >= 0.3 is 0 Å². The molecule has 1 unspecified atom stereocenters. The second-order valence-corrected chi connectivity index (χ2v) is 4.53. The molecule has 0 aromatic heterocycles. The zero-order valence-corrected chi connectivity index (χ0v) is 10.1. The van der Waals surface area contributed by atoms with Crippen LogP contribution in [0.1, 0.15) is 31.2 Å². The number of rotatable bonds is 3. The second-order valence-electron chi connectivity index (χ2n) is 4.53. The van der Waals surface area contributed by atoms with Crippen molar-refractivity contribution in [2.24, 2.45) is 5.92 Å². The van der Waals surface area contributed by atoms with Gasteiger partial charge in [-0.1, -0.05) is 48.9 Å². The van der Waals surface area contributed by atoms with Gasteiger partial charge in [0.15, 0.2) is 0 Å². The van der Waals surface area contributed by atoms with E-state index in [1.54, 1.807) is 0 Å². The van der Waals surface area contributed by atoms with E-state index >= 15 is 0 Å². The monoisotopic (exact) mass is 229 g/mol. The fourth-order valence-electron chi connectivity index (χ4n) is 2.16. The van der Waals surface area contributed by atoms with Gasteiger partial charge in [-0.15, -0.1) is 0 Å². The average Bonchev–Trinajstić information content (AvgIpc) is 2.56. The minimum atomic E-state index is 0.164. The van der Waals surface area contributed by atoms with E-state index in [1.165, 1.54) is 5.56 Å². The molecule has 1 amide bonds. The molecule has 1 aliphatic rings. The molecule has 1 aliphatic heterocycles. The molecule has 0 saturated carbocycles. The van der Waals surface area contributed by atoms with Crippen molar-refractivity contribution in [3.8, 4) is 0 Å². The molecule has 1 atom stereocenters. The fourth-order valence-corrected chi connectivity index (χ4v) is 2.16. The summed E-state index contributed by atoms with van der Waals surface area (Å²) in [5, 5.41) is 2.97. The quantitative estimate of drug-likeness (QED) is 0.848. The molecule has 1 N–H and O–H groups in total. The van der Waals surface area contributed by atoms with Crippen LogP contribution in [-0.2, 0) is 4.79 Å². The van der Waals surface area contributed by atoms with Crippen molar-refractivity contribution < 1.29 is 4.79 Å². The highest BCUT2D eigenvalue weighted by atomic mass is 16.1. The molecule has 1 saturated heterocycles. The Bertz CT molecular complexity index is 383. The lowest BCUT2D eigenvalue weighted by Gasteiger charge is -2.09. The van der Waals surface area contributed by atoms with Gasteiger partial charge < -0.3 is 5.32 Å². The summed E-state index contributed by atoms with van der Waals surface area (Å²) in [4.78, 5) is 11.7. The molecule has 0 bridgehead atoms. The maximum Gasteiger partial charge on any atom is 0.223 e. The summed E-state index contributed by atoms with van der Waals surface area (Å²) in [6.45, 7) is 0.845. The van der Waals surface area contributed by atoms with E-state index in [1.807, 2.05) is 18.2 Å². The van der Waals surface area contributed by atoms with Crippen LogP contribution in [0.25, 0.3) is 6.08 Å². The number of carbonyl (C=O) groups excluding carboxylic acids is 1. The lowest BCUT2D eigenvalue weighted by Crippen LogP contribution is -2.28. The Morgan fingerprint density at radius 1 is 1.24 bits per heavy atom. The Kier molecular flexibility index (Phi) is 4.37. The highest BCUT2D eigenvalue weighted by Crippen LogP contribution is 2.17. The number of carbonyl (C=O) groups is 1. The number of hydrogen-bond acceptors (Lipinski definition) is 1. The van der Waals surface area contributed by atoms with Gasteiger partial charge in [0, 0.05) is 12.5 Å². The van der Waals surface area contributed by atoms with Crippen molar-refractivity contribution in [2.45, 2.75) is 25.7 Å². The summed E-state index contributed by atoms with van der Waals surface area (Å²) in [7, 11) is 0. The minimum absolute atomic E-state index is 0.164. The standard InChI is InChI=1S/C15H19NO/c17-15-14(10-4-5-12-16-15)11-6-9-13-7-2-1-3-8-13/h1-3,6-9,14H,4-5,10-12H2,(H,16,17)/b9-6+. The average molecular weight is 229 g/mol. The molecule has 0 aliphatic carbocycles. The van der Waals surface area contributed by atoms with Crippen LogP contribution in [-0.4, -0.2) is 12.5 Å². The highest BCUT2D eigenvalue weighted by Gasteiger charge is 2.18. The van der Waals surface area contributed by atoms with Crippen molar-refractivity contribution in [1.82, 2.24) is 5.32 Å². The normalized spacial score (nSPS) is 21.2. The van der Waals surface area contributed by atoms with Crippen molar-refractivity contribution in [3.05, 3.63) is 42.0 Å². The first kappa shape index (κ1) is 11.9. The van der Waals surface area contributed by atoms with Gasteiger partial charge in [0.05, 0.1) is 0 Å². The number of allylic oxidation sites excluding steroid dienone is 1. The Morgan fingerprint density at radius 3 is 2.88 bits per heavy atom. The molecule has 1 aromatic carbocycles. The molecule has 2 heteroatoms. The third kappa shape index (κ3) is 3.74. The first-order valence-corrected chi connectivity index (χ1v) is 6.35. The van der Waals surface area contributed by atoms with E-state index in [0.717, 1.165) is 32.2 Å². The van der Waals surface area contributed by atoms with Crippen LogP contribution in [0.15, 0.2) is 36.4 Å². The first-order valence-electron chi connectivity index (χ1n) is 6.35. The smallest absolute Gasteiger partial charge is 0.223 e. The Morgan fingerprint density at radius 2 is 2.06 bits per heavy atom. The molecule has 1 fully saturated rings. The summed E-state index contributed by atoms with van der Waals surface area (Å²) in [5.74, 6) is 0.387. The summed E-state index contributed by atoms with van der Waals surface area (Å²) < 4.78 is 0. The largest absolute Gasteiger partial charge is 0.356 e. The van der Waals surface area contributed by atoms with Gasteiger partial charge in [-0.05, 0) is 24.8 Å². The minimum Gasteiger partial charge on any atom is -0.356 e. The molecule has 90 valence electrons. The summed E-state index contributed by atoms with van der Waals surface area (Å²) in [6, 6.07) is 10.2. The highest BCUT2D eigenvalue weighted by molar-refractivity contribution is 5.79. The molecular formula is C15H19NO. The van der Waals surface area contributed by atoms with E-state index in [9.17, 15) is 4.79 Å². The molecule has 2 nitrogen and oxygen atoms in total. The topological polar surface area (TPSA) is 29.1 Å². The SMILES string of the molecule is O=C1NCCCCC1C/C=C/c1ccccc1.